The van der Waals surface area contributed by atoms with Crippen molar-refractivity contribution in [1.29, 1.82) is 0 Å². The highest BCUT2D eigenvalue weighted by Crippen LogP contribution is 2.40. The van der Waals surface area contributed by atoms with E-state index in [4.69, 9.17) is 4.74 Å². The molecule has 2 aliphatic rings. The number of rotatable bonds is 5. The van der Waals surface area contributed by atoms with Crippen molar-refractivity contribution in [2.45, 2.75) is 56.9 Å². The number of hydrogen-bond donors (Lipinski definition) is 2. The summed E-state index contributed by atoms with van der Waals surface area (Å²) < 4.78 is 5.25. The van der Waals surface area contributed by atoms with Crippen molar-refractivity contribution >= 4 is 29.7 Å². The van der Waals surface area contributed by atoms with Crippen molar-refractivity contribution < 1.29 is 14.3 Å². The van der Waals surface area contributed by atoms with E-state index in [9.17, 15) is 9.59 Å². The highest BCUT2D eigenvalue weighted by Gasteiger charge is 2.39. The van der Waals surface area contributed by atoms with E-state index in [2.05, 4.69) is 17.6 Å². The van der Waals surface area contributed by atoms with Crippen LogP contribution in [0.5, 0.6) is 5.75 Å². The Labute approximate surface area is 165 Å². The topological polar surface area (TPSA) is 67.4 Å². The summed E-state index contributed by atoms with van der Waals surface area (Å²) in [5.74, 6) is 0.841. The zero-order valence-electron chi connectivity index (χ0n) is 16.2. The average molecular weight is 389 g/mol. The highest BCUT2D eigenvalue weighted by molar-refractivity contribution is 8.04. The Hall–Kier alpha value is -1.95. The molecule has 1 saturated heterocycles. The van der Waals surface area contributed by atoms with E-state index in [-0.39, 0.29) is 29.8 Å². The van der Waals surface area contributed by atoms with Crippen LogP contribution in [0, 0.1) is 5.92 Å². The molecule has 1 aromatic carbocycles. The summed E-state index contributed by atoms with van der Waals surface area (Å²) in [6.07, 6.45) is 5.37. The maximum atomic E-state index is 12.6. The van der Waals surface area contributed by atoms with Crippen LogP contribution < -0.4 is 15.4 Å². The van der Waals surface area contributed by atoms with E-state index in [1.165, 1.54) is 0 Å². The van der Waals surface area contributed by atoms with Crippen LogP contribution in [0.2, 0.25) is 0 Å². The Morgan fingerprint density at radius 2 is 2.26 bits per heavy atom. The number of carbonyl (C=O) groups excluding carboxylic acids is 2. The molecular formula is C21H28N2O3S. The second-order valence-electron chi connectivity index (χ2n) is 7.35. The zero-order chi connectivity index (χ0) is 19.4. The molecule has 146 valence electrons. The van der Waals surface area contributed by atoms with E-state index in [1.54, 1.807) is 18.9 Å². The monoisotopic (exact) mass is 388 g/mol. The lowest BCUT2D eigenvalue weighted by Crippen LogP contribution is -2.52. The number of ether oxygens (including phenoxy) is 1. The Kier molecular flexibility index (Phi) is 6.47. The number of methoxy groups -OCH3 is 1. The first kappa shape index (κ1) is 19.8. The van der Waals surface area contributed by atoms with Crippen LogP contribution >= 0.6 is 11.8 Å². The van der Waals surface area contributed by atoms with Crippen molar-refractivity contribution in [2.24, 2.45) is 5.92 Å². The van der Waals surface area contributed by atoms with Gasteiger partial charge in [-0.05, 0) is 56.4 Å². The van der Waals surface area contributed by atoms with Gasteiger partial charge in [0.05, 0.1) is 12.0 Å². The first-order chi connectivity index (χ1) is 13.0. The summed E-state index contributed by atoms with van der Waals surface area (Å²) >= 11 is 1.64. The van der Waals surface area contributed by atoms with Crippen LogP contribution in [0.15, 0.2) is 29.2 Å². The molecule has 0 spiro atoms. The van der Waals surface area contributed by atoms with Gasteiger partial charge in [0, 0.05) is 23.3 Å². The van der Waals surface area contributed by atoms with Gasteiger partial charge >= 0.3 is 0 Å². The molecule has 1 aliphatic carbocycles. The summed E-state index contributed by atoms with van der Waals surface area (Å²) in [6.45, 7) is 4.09. The number of benzene rings is 1. The van der Waals surface area contributed by atoms with E-state index < -0.39 is 0 Å². The van der Waals surface area contributed by atoms with Crippen LogP contribution in [0.3, 0.4) is 0 Å². The predicted octanol–water partition coefficient (Wildman–Crippen LogP) is 3.35. The standard InChI is InChI=1S/C21H28N2O3S/c1-4-13(2)22-20(24)15-8-9-18-17(12-15)23-21(25)19(27-18)11-14-6-5-7-16(10-14)26-3/h5-7,10-11,13,15,17-18H,4,8-9,12H2,1-3H3,(H,22,24)(H,23,25)/b19-11+. The third-order valence-corrected chi connectivity index (χ3v) is 6.79. The van der Waals surface area contributed by atoms with Gasteiger partial charge in [-0.15, -0.1) is 11.8 Å². The maximum absolute atomic E-state index is 12.6. The minimum atomic E-state index is -0.0490. The summed E-state index contributed by atoms with van der Waals surface area (Å²) in [6, 6.07) is 7.95. The van der Waals surface area contributed by atoms with Crippen molar-refractivity contribution in [3.05, 3.63) is 34.7 Å². The molecule has 27 heavy (non-hydrogen) atoms. The molecule has 4 atom stereocenters. The Balaban J connectivity index is 1.65. The molecule has 2 fully saturated rings. The largest absolute Gasteiger partial charge is 0.497 e. The fourth-order valence-electron chi connectivity index (χ4n) is 3.57. The summed E-state index contributed by atoms with van der Waals surface area (Å²) in [5.41, 5.74) is 0.951. The van der Waals surface area contributed by atoms with Crippen LogP contribution in [-0.4, -0.2) is 36.3 Å². The third-order valence-electron chi connectivity index (χ3n) is 5.37. The zero-order valence-corrected chi connectivity index (χ0v) is 17.0. The number of carbonyl (C=O) groups is 2. The fraction of sp³-hybridized carbons (Fsp3) is 0.524. The smallest absolute Gasteiger partial charge is 0.257 e. The highest BCUT2D eigenvalue weighted by atomic mass is 32.2. The van der Waals surface area contributed by atoms with Gasteiger partial charge in [-0.3, -0.25) is 9.59 Å². The summed E-state index contributed by atoms with van der Waals surface area (Å²) in [7, 11) is 1.63. The molecule has 2 amide bonds. The van der Waals surface area contributed by atoms with E-state index in [1.807, 2.05) is 37.3 Å². The van der Waals surface area contributed by atoms with Crippen LogP contribution in [0.1, 0.15) is 45.1 Å². The van der Waals surface area contributed by atoms with E-state index >= 15 is 0 Å². The van der Waals surface area contributed by atoms with Gasteiger partial charge < -0.3 is 15.4 Å². The van der Waals surface area contributed by atoms with Crippen LogP contribution in [0.4, 0.5) is 0 Å². The lowest BCUT2D eigenvalue weighted by Gasteiger charge is -2.39. The number of thioether (sulfide) groups is 1. The summed E-state index contributed by atoms with van der Waals surface area (Å²) in [5, 5.41) is 6.53. The SMILES string of the molecule is CCC(C)NC(=O)C1CCC2S/C(=C/c3cccc(OC)c3)C(=O)NC2C1. The first-order valence-electron chi connectivity index (χ1n) is 9.63. The van der Waals surface area contributed by atoms with Gasteiger partial charge in [-0.25, -0.2) is 0 Å². The predicted molar refractivity (Wildman–Crippen MR) is 110 cm³/mol. The van der Waals surface area contributed by atoms with Crippen molar-refractivity contribution in [3.63, 3.8) is 0 Å². The van der Waals surface area contributed by atoms with Gasteiger partial charge in [0.2, 0.25) is 5.91 Å². The molecule has 1 aromatic rings. The van der Waals surface area contributed by atoms with Gasteiger partial charge in [0.15, 0.2) is 0 Å². The molecule has 1 saturated carbocycles. The molecule has 3 rings (SSSR count). The maximum Gasteiger partial charge on any atom is 0.257 e. The normalized spacial score (nSPS) is 27.4. The van der Waals surface area contributed by atoms with Crippen LogP contribution in [0.25, 0.3) is 6.08 Å². The van der Waals surface area contributed by atoms with Gasteiger partial charge in [-0.1, -0.05) is 19.1 Å². The van der Waals surface area contributed by atoms with Crippen molar-refractivity contribution in [3.8, 4) is 5.75 Å². The number of nitrogens with one attached hydrogen (secondary N) is 2. The van der Waals surface area contributed by atoms with Gasteiger partial charge in [-0.2, -0.15) is 0 Å². The first-order valence-corrected chi connectivity index (χ1v) is 10.5. The molecule has 6 heteroatoms. The molecule has 1 aliphatic heterocycles. The lowest BCUT2D eigenvalue weighted by atomic mass is 9.84. The number of amides is 2. The molecule has 2 N–H and O–H groups in total. The minimum absolute atomic E-state index is 0.00920. The quantitative estimate of drug-likeness (QED) is 0.759. The van der Waals surface area contributed by atoms with Gasteiger partial charge in [0.25, 0.3) is 5.91 Å². The second kappa shape index (κ2) is 8.83. The van der Waals surface area contributed by atoms with Gasteiger partial charge in [0.1, 0.15) is 5.75 Å². The molecule has 0 bridgehead atoms. The van der Waals surface area contributed by atoms with E-state index in [0.29, 0.717) is 5.25 Å². The molecule has 0 aromatic heterocycles. The molecular weight excluding hydrogens is 360 g/mol. The molecule has 0 radical (unpaired) electrons. The lowest BCUT2D eigenvalue weighted by molar-refractivity contribution is -0.127. The fourth-order valence-corrected chi connectivity index (χ4v) is 4.87. The average Bonchev–Trinajstić information content (AvgIpc) is 2.68. The van der Waals surface area contributed by atoms with Crippen molar-refractivity contribution in [1.82, 2.24) is 10.6 Å². The van der Waals surface area contributed by atoms with E-state index in [0.717, 1.165) is 41.9 Å². The Morgan fingerprint density at radius 3 is 3.00 bits per heavy atom. The Morgan fingerprint density at radius 1 is 1.44 bits per heavy atom. The minimum Gasteiger partial charge on any atom is -0.497 e. The Bertz CT molecular complexity index is 734. The summed E-state index contributed by atoms with van der Waals surface area (Å²) in [4.78, 5) is 25.7. The van der Waals surface area contributed by atoms with Crippen LogP contribution in [-0.2, 0) is 9.59 Å². The third kappa shape index (κ3) is 4.86. The number of fused-ring (bicyclic) bond motifs is 1. The number of hydrogen-bond acceptors (Lipinski definition) is 4. The molecule has 4 unspecified atom stereocenters. The van der Waals surface area contributed by atoms with Crippen molar-refractivity contribution in [2.75, 3.05) is 7.11 Å². The molecule has 1 heterocycles. The molecule has 5 nitrogen and oxygen atoms in total. The second-order valence-corrected chi connectivity index (χ2v) is 8.63.